The Morgan fingerprint density at radius 1 is 1.16 bits per heavy atom. The number of thiazole rings is 1. The fourth-order valence-corrected chi connectivity index (χ4v) is 5.16. The molecule has 2 saturated heterocycles. The maximum Gasteiger partial charge on any atom is 0.216 e. The van der Waals surface area contributed by atoms with Crippen LogP contribution in [0.1, 0.15) is 18.4 Å². The van der Waals surface area contributed by atoms with Gasteiger partial charge in [-0.25, -0.2) is 4.98 Å². The molecule has 2 aliphatic rings. The Kier molecular flexibility index (Phi) is 7.30. The molecule has 6 rings (SSSR count). The third kappa shape index (κ3) is 6.10. The van der Waals surface area contributed by atoms with Crippen LogP contribution < -0.4 is 15.4 Å². The van der Waals surface area contributed by atoms with E-state index in [-0.39, 0.29) is 6.10 Å². The van der Waals surface area contributed by atoms with Gasteiger partial charge in [-0.1, -0.05) is 29.5 Å². The van der Waals surface area contributed by atoms with Gasteiger partial charge < -0.3 is 20.1 Å². The van der Waals surface area contributed by atoms with Crippen LogP contribution in [0.4, 0.5) is 10.9 Å². The molecule has 1 aromatic carbocycles. The second-order valence-corrected chi connectivity index (χ2v) is 10.1. The van der Waals surface area contributed by atoms with E-state index in [1.165, 1.54) is 16.1 Å². The first-order valence-corrected chi connectivity index (χ1v) is 13.4. The normalized spacial score (nSPS) is 18.5. The van der Waals surface area contributed by atoms with E-state index in [9.17, 15) is 0 Å². The molecule has 2 aliphatic heterocycles. The van der Waals surface area contributed by atoms with Crippen molar-refractivity contribution in [2.75, 3.05) is 44.7 Å². The van der Waals surface area contributed by atoms with Crippen LogP contribution in [0.25, 0.3) is 16.4 Å². The first-order valence-electron chi connectivity index (χ1n) is 12.6. The molecule has 0 radical (unpaired) electrons. The van der Waals surface area contributed by atoms with Gasteiger partial charge in [-0.05, 0) is 48.4 Å². The Hall–Kier alpha value is -3.45. The maximum absolute atomic E-state index is 6.28. The number of benzene rings is 1. The summed E-state index contributed by atoms with van der Waals surface area (Å²) in [6.07, 6.45) is 4.01. The quantitative estimate of drug-likeness (QED) is 0.360. The largest absolute Gasteiger partial charge is 0.473 e. The van der Waals surface area contributed by atoms with Crippen molar-refractivity contribution in [2.24, 2.45) is 0 Å². The van der Waals surface area contributed by atoms with E-state index in [2.05, 4.69) is 42.0 Å². The lowest BCUT2D eigenvalue weighted by Gasteiger charge is -2.27. The zero-order valence-corrected chi connectivity index (χ0v) is 21.2. The Balaban J connectivity index is 1.20. The van der Waals surface area contributed by atoms with Crippen molar-refractivity contribution in [3.63, 3.8) is 0 Å². The summed E-state index contributed by atoms with van der Waals surface area (Å²) in [4.78, 5) is 14.0. The Labute approximate surface area is 218 Å². The van der Waals surface area contributed by atoms with Crippen LogP contribution in [-0.2, 0) is 11.3 Å². The highest BCUT2D eigenvalue weighted by Gasteiger charge is 2.18. The molecular formula is C25H29N9O2S. The monoisotopic (exact) mass is 519 g/mol. The smallest absolute Gasteiger partial charge is 0.216 e. The van der Waals surface area contributed by atoms with Gasteiger partial charge in [0, 0.05) is 32.2 Å². The molecule has 12 heteroatoms. The highest BCUT2D eigenvalue weighted by molar-refractivity contribution is 7.18. The molecule has 37 heavy (non-hydrogen) atoms. The lowest BCUT2D eigenvalue weighted by atomic mass is 10.1. The first-order chi connectivity index (χ1) is 18.3. The summed E-state index contributed by atoms with van der Waals surface area (Å²) in [5.74, 6) is 1.86. The molecule has 0 aliphatic carbocycles. The fourth-order valence-electron chi connectivity index (χ4n) is 4.41. The van der Waals surface area contributed by atoms with Gasteiger partial charge in [0.25, 0.3) is 0 Å². The molecule has 1 atom stereocenters. The topological polar surface area (TPSA) is 115 Å². The summed E-state index contributed by atoms with van der Waals surface area (Å²) < 4.78 is 11.8. The number of para-hydroxylation sites is 1. The lowest BCUT2D eigenvalue weighted by molar-refractivity contribution is 0.0341. The zero-order chi connectivity index (χ0) is 24.9. The zero-order valence-electron chi connectivity index (χ0n) is 20.4. The summed E-state index contributed by atoms with van der Waals surface area (Å²) in [5.41, 5.74) is 1.99. The van der Waals surface area contributed by atoms with Crippen LogP contribution in [0.2, 0.25) is 0 Å². The number of rotatable bonds is 8. The SMILES string of the molecule is c1ccc(-n2nnc(-c3cnc(Nc4cc(CN5CCOCC5)cc(O[C@H]5CCCNC5)n4)s3)n2)cc1. The number of nitrogens with zero attached hydrogens (tertiary/aromatic N) is 7. The second-order valence-electron chi connectivity index (χ2n) is 9.07. The van der Waals surface area contributed by atoms with Crippen molar-refractivity contribution in [3.8, 4) is 22.3 Å². The standard InChI is InChI=1S/C25H29N9O2S/c1-2-5-19(6-3-1)34-31-24(30-32-34)21-16-27-25(37-21)29-22-13-18(17-33-9-11-35-12-10-33)14-23(28-22)36-20-7-4-8-26-15-20/h1-3,5-6,13-14,16,20,26H,4,7-12,15,17H2,(H,27,28,29)/t20-/m0/s1. The summed E-state index contributed by atoms with van der Waals surface area (Å²) in [6.45, 7) is 6.05. The molecule has 0 unspecified atom stereocenters. The van der Waals surface area contributed by atoms with E-state index in [1.54, 1.807) is 6.20 Å². The third-order valence-electron chi connectivity index (χ3n) is 6.27. The van der Waals surface area contributed by atoms with E-state index in [0.29, 0.717) is 22.7 Å². The van der Waals surface area contributed by atoms with Gasteiger partial charge in [-0.15, -0.1) is 15.0 Å². The Morgan fingerprint density at radius 3 is 2.89 bits per heavy atom. The average Bonchev–Trinajstić information content (AvgIpc) is 3.60. The van der Waals surface area contributed by atoms with Crippen molar-refractivity contribution in [1.29, 1.82) is 0 Å². The summed E-state index contributed by atoms with van der Waals surface area (Å²) in [5, 5.41) is 20.4. The molecule has 0 spiro atoms. The van der Waals surface area contributed by atoms with E-state index < -0.39 is 0 Å². The van der Waals surface area contributed by atoms with Gasteiger partial charge in [0.1, 0.15) is 11.9 Å². The molecule has 192 valence electrons. The molecule has 4 aromatic rings. The minimum atomic E-state index is 0.123. The molecule has 2 N–H and O–H groups in total. The lowest BCUT2D eigenvalue weighted by Crippen LogP contribution is -2.37. The Bertz CT molecular complexity index is 1260. The molecule has 0 amide bonds. The molecule has 0 bridgehead atoms. The fraction of sp³-hybridized carbons (Fsp3) is 0.400. The number of aromatic nitrogens is 6. The summed E-state index contributed by atoms with van der Waals surface area (Å²) in [6, 6.07) is 13.8. The van der Waals surface area contributed by atoms with Crippen molar-refractivity contribution >= 4 is 22.3 Å². The van der Waals surface area contributed by atoms with Gasteiger partial charge in [-0.2, -0.15) is 4.98 Å². The highest BCUT2D eigenvalue weighted by Crippen LogP contribution is 2.29. The number of piperidine rings is 1. The molecule has 0 saturated carbocycles. The van der Waals surface area contributed by atoms with Crippen LogP contribution in [-0.4, -0.2) is 80.6 Å². The van der Waals surface area contributed by atoms with Gasteiger partial charge in [0.05, 0.1) is 30.0 Å². The number of nitrogens with one attached hydrogen (secondary N) is 2. The average molecular weight is 520 g/mol. The first kappa shape index (κ1) is 23.9. The van der Waals surface area contributed by atoms with Crippen LogP contribution in [0.15, 0.2) is 48.7 Å². The molecule has 3 aromatic heterocycles. The summed E-state index contributed by atoms with van der Waals surface area (Å²) in [7, 11) is 0. The molecule has 5 heterocycles. The number of tetrazole rings is 1. The van der Waals surface area contributed by atoms with Gasteiger partial charge in [-0.3, -0.25) is 4.90 Å². The molecular weight excluding hydrogens is 490 g/mol. The second kappa shape index (κ2) is 11.3. The third-order valence-corrected chi connectivity index (χ3v) is 7.18. The Morgan fingerprint density at radius 2 is 2.05 bits per heavy atom. The van der Waals surface area contributed by atoms with Crippen molar-refractivity contribution in [2.45, 2.75) is 25.5 Å². The van der Waals surface area contributed by atoms with Crippen molar-refractivity contribution in [3.05, 3.63) is 54.2 Å². The van der Waals surface area contributed by atoms with E-state index in [1.807, 2.05) is 36.4 Å². The van der Waals surface area contributed by atoms with E-state index in [4.69, 9.17) is 14.5 Å². The van der Waals surface area contributed by atoms with Crippen molar-refractivity contribution < 1.29 is 9.47 Å². The van der Waals surface area contributed by atoms with Crippen LogP contribution in [0.3, 0.4) is 0 Å². The number of hydrogen-bond donors (Lipinski definition) is 2. The maximum atomic E-state index is 6.28. The van der Waals surface area contributed by atoms with E-state index in [0.717, 1.165) is 74.9 Å². The summed E-state index contributed by atoms with van der Waals surface area (Å²) >= 11 is 1.45. The molecule has 11 nitrogen and oxygen atoms in total. The van der Waals surface area contributed by atoms with Gasteiger partial charge >= 0.3 is 0 Å². The van der Waals surface area contributed by atoms with Gasteiger partial charge in [0.2, 0.25) is 11.7 Å². The van der Waals surface area contributed by atoms with Gasteiger partial charge in [0.15, 0.2) is 5.13 Å². The predicted molar refractivity (Wildman–Crippen MR) is 140 cm³/mol. The van der Waals surface area contributed by atoms with Crippen LogP contribution in [0.5, 0.6) is 5.88 Å². The van der Waals surface area contributed by atoms with Crippen molar-refractivity contribution in [1.82, 2.24) is 40.4 Å². The molecule has 2 fully saturated rings. The predicted octanol–water partition coefficient (Wildman–Crippen LogP) is 2.89. The highest BCUT2D eigenvalue weighted by atomic mass is 32.1. The van der Waals surface area contributed by atoms with E-state index >= 15 is 0 Å². The number of pyridine rings is 1. The number of morpholine rings is 1. The minimum Gasteiger partial charge on any atom is -0.473 e. The number of ether oxygens (including phenoxy) is 2. The van der Waals surface area contributed by atoms with Crippen LogP contribution in [0, 0.1) is 0 Å². The number of hydrogen-bond acceptors (Lipinski definition) is 11. The van der Waals surface area contributed by atoms with Crippen LogP contribution >= 0.6 is 11.3 Å². The minimum absolute atomic E-state index is 0.123. The number of anilines is 2.